The number of rotatable bonds is 6. The average Bonchev–Trinajstić information content (AvgIpc) is 2.63. The number of carbonyl (C=O) groups excluding carboxylic acids is 1. The molecule has 0 radical (unpaired) electrons. The summed E-state index contributed by atoms with van der Waals surface area (Å²) in [5, 5.41) is 19.7. The minimum absolute atomic E-state index is 0.0903. The zero-order valence-corrected chi connectivity index (χ0v) is 15.2. The number of ketones is 1. The highest BCUT2D eigenvalue weighted by atomic mass is 16.5. The largest absolute Gasteiger partial charge is 0.504 e. The van der Waals surface area contributed by atoms with E-state index in [2.05, 4.69) is 0 Å². The van der Waals surface area contributed by atoms with Gasteiger partial charge in [-0.2, -0.15) is 0 Å². The molecule has 0 fully saturated rings. The van der Waals surface area contributed by atoms with Gasteiger partial charge < -0.3 is 19.7 Å². The summed E-state index contributed by atoms with van der Waals surface area (Å²) in [6, 6.07) is 6.84. The lowest BCUT2D eigenvalue weighted by Gasteiger charge is -2.07. The van der Waals surface area contributed by atoms with Crippen molar-refractivity contribution in [2.75, 3.05) is 14.2 Å². The molecule has 0 bridgehead atoms. The molecule has 2 N–H and O–H groups in total. The fraction of sp³-hybridized carbons (Fsp3) is 0.190. The van der Waals surface area contributed by atoms with Crippen molar-refractivity contribution in [2.24, 2.45) is 0 Å². The molecule has 0 saturated heterocycles. The number of phenolic OH excluding ortho intramolecular Hbond substituents is 2. The van der Waals surface area contributed by atoms with Crippen molar-refractivity contribution < 1.29 is 24.5 Å². The lowest BCUT2D eigenvalue weighted by atomic mass is 10.1. The maximum atomic E-state index is 12.1. The first kappa shape index (κ1) is 19.1. The topological polar surface area (TPSA) is 76.0 Å². The van der Waals surface area contributed by atoms with Gasteiger partial charge in [0, 0.05) is 0 Å². The Bertz CT molecular complexity index is 807. The molecule has 2 aromatic rings. The smallest absolute Gasteiger partial charge is 0.178 e. The summed E-state index contributed by atoms with van der Waals surface area (Å²) in [7, 11) is 2.95. The Morgan fingerprint density at radius 1 is 0.808 bits per heavy atom. The normalized spacial score (nSPS) is 11.2. The number of aromatic hydroxyl groups is 2. The summed E-state index contributed by atoms with van der Waals surface area (Å²) >= 11 is 0. The molecule has 0 atom stereocenters. The third-order valence-corrected chi connectivity index (χ3v) is 3.90. The number of aryl methyl sites for hydroxylation is 2. The van der Waals surface area contributed by atoms with Gasteiger partial charge in [0.15, 0.2) is 28.8 Å². The standard InChI is InChI=1S/C21H22O5/c1-13-9-15(11-18(25-3)20(13)23)5-7-17(22)8-6-16-10-14(2)21(24)19(12-16)26-4/h5-12,23-24H,1-4H3/b7-5+,8-6+. The molecule has 5 heteroatoms. The van der Waals surface area contributed by atoms with Crippen molar-refractivity contribution in [3.05, 3.63) is 58.7 Å². The number of methoxy groups -OCH3 is 2. The Morgan fingerprint density at radius 3 is 1.54 bits per heavy atom. The molecule has 5 nitrogen and oxygen atoms in total. The average molecular weight is 354 g/mol. The van der Waals surface area contributed by atoms with E-state index in [0.717, 1.165) is 11.1 Å². The molecule has 0 amide bonds. The van der Waals surface area contributed by atoms with Gasteiger partial charge in [-0.25, -0.2) is 0 Å². The van der Waals surface area contributed by atoms with Crippen molar-refractivity contribution in [1.29, 1.82) is 0 Å². The molecular formula is C21H22O5. The Labute approximate surface area is 152 Å². The molecule has 2 aromatic carbocycles. The lowest BCUT2D eigenvalue weighted by Crippen LogP contribution is -1.90. The molecule has 26 heavy (non-hydrogen) atoms. The van der Waals surface area contributed by atoms with Crippen LogP contribution in [0.25, 0.3) is 12.2 Å². The highest BCUT2D eigenvalue weighted by Gasteiger charge is 2.07. The van der Waals surface area contributed by atoms with Crippen LogP contribution in [0.5, 0.6) is 23.0 Å². The number of hydrogen-bond donors (Lipinski definition) is 2. The van der Waals surface area contributed by atoms with E-state index < -0.39 is 0 Å². The summed E-state index contributed by atoms with van der Waals surface area (Å²) in [6.45, 7) is 3.52. The molecule has 0 aliphatic carbocycles. The van der Waals surface area contributed by atoms with Gasteiger partial charge in [0.25, 0.3) is 0 Å². The van der Waals surface area contributed by atoms with E-state index in [-0.39, 0.29) is 17.3 Å². The zero-order chi connectivity index (χ0) is 19.3. The van der Waals surface area contributed by atoms with E-state index in [1.807, 2.05) is 0 Å². The zero-order valence-electron chi connectivity index (χ0n) is 15.2. The van der Waals surface area contributed by atoms with Crippen LogP contribution in [0.1, 0.15) is 22.3 Å². The van der Waals surface area contributed by atoms with Gasteiger partial charge in [0.1, 0.15) is 0 Å². The van der Waals surface area contributed by atoms with Crippen molar-refractivity contribution in [1.82, 2.24) is 0 Å². The van der Waals surface area contributed by atoms with Crippen LogP contribution in [0, 0.1) is 13.8 Å². The monoisotopic (exact) mass is 354 g/mol. The van der Waals surface area contributed by atoms with Gasteiger partial charge in [-0.3, -0.25) is 4.79 Å². The molecule has 0 aromatic heterocycles. The first-order valence-electron chi connectivity index (χ1n) is 8.01. The first-order valence-corrected chi connectivity index (χ1v) is 8.01. The molecule has 136 valence electrons. The van der Waals surface area contributed by atoms with Crippen molar-refractivity contribution in [2.45, 2.75) is 13.8 Å². The van der Waals surface area contributed by atoms with E-state index >= 15 is 0 Å². The fourth-order valence-electron chi connectivity index (χ4n) is 2.46. The van der Waals surface area contributed by atoms with Crippen molar-refractivity contribution in [3.63, 3.8) is 0 Å². The second-order valence-corrected chi connectivity index (χ2v) is 5.85. The molecular weight excluding hydrogens is 332 g/mol. The van der Waals surface area contributed by atoms with Crippen LogP contribution in [0.3, 0.4) is 0 Å². The van der Waals surface area contributed by atoms with E-state index in [9.17, 15) is 15.0 Å². The van der Waals surface area contributed by atoms with Gasteiger partial charge >= 0.3 is 0 Å². The van der Waals surface area contributed by atoms with Gasteiger partial charge in [0.05, 0.1) is 14.2 Å². The summed E-state index contributed by atoms with van der Waals surface area (Å²) in [6.07, 6.45) is 6.19. The lowest BCUT2D eigenvalue weighted by molar-refractivity contribution is -0.110. The van der Waals surface area contributed by atoms with E-state index in [1.54, 1.807) is 50.3 Å². The number of hydrogen-bond acceptors (Lipinski definition) is 5. The summed E-state index contributed by atoms with van der Waals surface area (Å²) in [5.74, 6) is 0.707. The highest BCUT2D eigenvalue weighted by Crippen LogP contribution is 2.32. The second kappa shape index (κ2) is 8.25. The Morgan fingerprint density at radius 2 is 1.19 bits per heavy atom. The Kier molecular flexibility index (Phi) is 6.07. The number of ether oxygens (including phenoxy) is 2. The van der Waals surface area contributed by atoms with Crippen LogP contribution in [0.4, 0.5) is 0 Å². The molecule has 0 unspecified atom stereocenters. The van der Waals surface area contributed by atoms with Crippen LogP contribution in [-0.2, 0) is 4.79 Å². The molecule has 0 spiro atoms. The van der Waals surface area contributed by atoms with E-state index in [0.29, 0.717) is 22.6 Å². The van der Waals surface area contributed by atoms with Gasteiger partial charge in [-0.05, 0) is 72.5 Å². The number of allylic oxidation sites excluding steroid dienone is 2. The third kappa shape index (κ3) is 4.45. The van der Waals surface area contributed by atoms with Crippen LogP contribution >= 0.6 is 0 Å². The van der Waals surface area contributed by atoms with Crippen LogP contribution in [-0.4, -0.2) is 30.2 Å². The van der Waals surface area contributed by atoms with Crippen LogP contribution in [0.2, 0.25) is 0 Å². The molecule has 0 saturated carbocycles. The van der Waals surface area contributed by atoms with Crippen molar-refractivity contribution >= 4 is 17.9 Å². The molecule has 0 aliphatic heterocycles. The Balaban J connectivity index is 2.16. The molecule has 0 heterocycles. The second-order valence-electron chi connectivity index (χ2n) is 5.85. The first-order chi connectivity index (χ1) is 12.3. The fourth-order valence-corrected chi connectivity index (χ4v) is 2.46. The predicted molar refractivity (Wildman–Crippen MR) is 102 cm³/mol. The highest BCUT2D eigenvalue weighted by molar-refractivity contribution is 6.04. The number of benzene rings is 2. The summed E-state index contributed by atoms with van der Waals surface area (Å²) in [4.78, 5) is 12.1. The number of phenols is 2. The predicted octanol–water partition coefficient (Wildman–Crippen LogP) is 4.03. The Hall–Kier alpha value is -3.21. The quantitative estimate of drug-likeness (QED) is 0.766. The summed E-state index contributed by atoms with van der Waals surface area (Å²) < 4.78 is 10.2. The van der Waals surface area contributed by atoms with E-state index in [1.165, 1.54) is 26.4 Å². The summed E-state index contributed by atoms with van der Waals surface area (Å²) in [5.41, 5.74) is 2.83. The number of carbonyl (C=O) groups is 1. The van der Waals surface area contributed by atoms with Gasteiger partial charge in [-0.1, -0.05) is 12.2 Å². The maximum absolute atomic E-state index is 12.1. The minimum atomic E-state index is -0.195. The SMILES string of the molecule is COc1cc(/C=C/C(=O)/C=C/c2cc(C)c(O)c(OC)c2)cc(C)c1O. The third-order valence-electron chi connectivity index (χ3n) is 3.90. The molecule has 2 rings (SSSR count). The maximum Gasteiger partial charge on any atom is 0.178 e. The van der Waals surface area contributed by atoms with Crippen LogP contribution < -0.4 is 9.47 Å². The minimum Gasteiger partial charge on any atom is -0.504 e. The van der Waals surface area contributed by atoms with Gasteiger partial charge in [0.2, 0.25) is 0 Å². The van der Waals surface area contributed by atoms with E-state index in [4.69, 9.17) is 9.47 Å². The molecule has 0 aliphatic rings. The van der Waals surface area contributed by atoms with Gasteiger partial charge in [-0.15, -0.1) is 0 Å². The van der Waals surface area contributed by atoms with Crippen LogP contribution in [0.15, 0.2) is 36.4 Å². The van der Waals surface area contributed by atoms with Crippen molar-refractivity contribution in [3.8, 4) is 23.0 Å².